The third-order valence-corrected chi connectivity index (χ3v) is 20.5. The zero-order chi connectivity index (χ0) is 15.7. The molecule has 0 unspecified atom stereocenters. The fraction of sp³-hybridized carbons (Fsp3) is 0.667. The Labute approximate surface area is 145 Å². The molecule has 0 saturated carbocycles. The second-order valence-corrected chi connectivity index (χ2v) is 20.4. The molecular weight excluding hydrogens is 406 g/mol. The number of benzene rings is 1. The molecule has 0 atom stereocenters. The Morgan fingerprint density at radius 2 is 1.10 bits per heavy atom. The van der Waals surface area contributed by atoms with Gasteiger partial charge in [-0.15, -0.1) is 0 Å². The molecule has 0 amide bonds. The molecule has 1 aromatic carbocycles. The maximum atomic E-state index is 6.31. The van der Waals surface area contributed by atoms with Crippen LogP contribution in [-0.2, 0) is 0 Å². The minimum absolute atomic E-state index is 0.822. The summed E-state index contributed by atoms with van der Waals surface area (Å²) in [4.78, 5) is 0. The normalized spacial score (nSPS) is 11.9. The van der Waals surface area contributed by atoms with E-state index in [2.05, 4.69) is 32.9 Å². The van der Waals surface area contributed by atoms with Crippen LogP contribution >= 0.6 is 23.2 Å². The van der Waals surface area contributed by atoms with E-state index in [1.807, 2.05) is 6.07 Å². The van der Waals surface area contributed by atoms with Gasteiger partial charge in [0.2, 0.25) is 0 Å². The van der Waals surface area contributed by atoms with Crippen molar-refractivity contribution in [1.29, 1.82) is 0 Å². The Hall–Kier alpha value is 0.599. The molecule has 0 radical (unpaired) electrons. The summed E-state index contributed by atoms with van der Waals surface area (Å²) in [6, 6.07) is 6.36. The van der Waals surface area contributed by atoms with Crippen molar-refractivity contribution < 1.29 is 0 Å². The molecule has 1 rings (SSSR count). The summed E-state index contributed by atoms with van der Waals surface area (Å²) in [5.74, 6) is 0. The van der Waals surface area contributed by atoms with Gasteiger partial charge in [-0.25, -0.2) is 0 Å². The van der Waals surface area contributed by atoms with Gasteiger partial charge in [0.25, 0.3) is 0 Å². The monoisotopic (exact) mass is 436 g/mol. The van der Waals surface area contributed by atoms with Crippen LogP contribution in [0.2, 0.25) is 23.4 Å². The first kappa shape index (κ1) is 19.6. The van der Waals surface area contributed by atoms with Crippen LogP contribution in [0.1, 0.15) is 59.3 Å². The summed E-state index contributed by atoms with van der Waals surface area (Å²) in [6.45, 7) is 6.92. The molecule has 0 aliphatic carbocycles. The fourth-order valence-electron chi connectivity index (χ4n) is 3.21. The number of halogens is 2. The van der Waals surface area contributed by atoms with Gasteiger partial charge in [-0.1, -0.05) is 0 Å². The van der Waals surface area contributed by atoms with Crippen LogP contribution in [0.3, 0.4) is 0 Å². The Morgan fingerprint density at radius 3 is 1.43 bits per heavy atom. The summed E-state index contributed by atoms with van der Waals surface area (Å²) in [7, 11) is 0. The van der Waals surface area contributed by atoms with Crippen molar-refractivity contribution in [1.82, 2.24) is 0 Å². The average Bonchev–Trinajstić information content (AvgIpc) is 2.46. The summed E-state index contributed by atoms with van der Waals surface area (Å²) in [5, 5.41) is 1.64. The van der Waals surface area contributed by atoms with Gasteiger partial charge in [-0.3, -0.25) is 0 Å². The zero-order valence-corrected chi connectivity index (χ0v) is 18.2. The van der Waals surface area contributed by atoms with Crippen molar-refractivity contribution >= 4 is 45.2 Å². The maximum absolute atomic E-state index is 6.31. The average molecular weight is 436 g/mol. The number of hydrogen-bond acceptors (Lipinski definition) is 0. The predicted octanol–water partition coefficient (Wildman–Crippen LogP) is 7.05. The Balaban J connectivity index is 3.15. The molecule has 1 aromatic rings. The number of unbranched alkanes of at least 4 members (excludes halogenated alkanes) is 3. The minimum atomic E-state index is -2.35. The third-order valence-electron chi connectivity index (χ3n) is 4.50. The fourth-order valence-corrected chi connectivity index (χ4v) is 20.3. The molecule has 0 spiro atoms. The second-order valence-electron chi connectivity index (χ2n) is 6.25. The molecule has 21 heavy (non-hydrogen) atoms. The first-order chi connectivity index (χ1) is 10.1. The van der Waals surface area contributed by atoms with Crippen LogP contribution in [0.4, 0.5) is 0 Å². The van der Waals surface area contributed by atoms with Gasteiger partial charge in [0.15, 0.2) is 0 Å². The van der Waals surface area contributed by atoms with E-state index in [1.165, 1.54) is 51.8 Å². The topological polar surface area (TPSA) is 0 Å². The van der Waals surface area contributed by atoms with Gasteiger partial charge in [-0.2, -0.15) is 0 Å². The van der Waals surface area contributed by atoms with Gasteiger partial charge in [0.1, 0.15) is 0 Å². The molecule has 0 bridgehead atoms. The molecule has 0 heterocycles. The molecule has 0 aromatic heterocycles. The molecule has 0 saturated heterocycles. The van der Waals surface area contributed by atoms with E-state index in [-0.39, 0.29) is 0 Å². The standard InChI is InChI=1S/C6H3Cl2.3C4H9.Sn/c7-5-2-1-3-6(8)4-5;3*1-3-4-2;/h2-4H;3*1,3-4H2,2H3;. The number of rotatable bonds is 10. The predicted molar refractivity (Wildman–Crippen MR) is 101 cm³/mol. The van der Waals surface area contributed by atoms with Gasteiger partial charge in [0, 0.05) is 0 Å². The number of hydrogen-bond donors (Lipinski definition) is 0. The van der Waals surface area contributed by atoms with E-state index in [9.17, 15) is 0 Å². The molecule has 0 fully saturated rings. The van der Waals surface area contributed by atoms with Gasteiger partial charge in [0.05, 0.1) is 0 Å². The quantitative estimate of drug-likeness (QED) is 0.345. The van der Waals surface area contributed by atoms with E-state index < -0.39 is 18.4 Å². The molecule has 120 valence electrons. The summed E-state index contributed by atoms with van der Waals surface area (Å²) >= 11 is 10.3. The van der Waals surface area contributed by atoms with Crippen LogP contribution in [0.5, 0.6) is 0 Å². The third kappa shape index (κ3) is 6.31. The van der Waals surface area contributed by atoms with Crippen LogP contribution < -0.4 is 3.58 Å². The van der Waals surface area contributed by atoms with Gasteiger partial charge >= 0.3 is 146 Å². The van der Waals surface area contributed by atoms with E-state index in [0.29, 0.717) is 0 Å². The molecule has 0 nitrogen and oxygen atoms in total. The second kappa shape index (κ2) is 10.4. The van der Waals surface area contributed by atoms with E-state index >= 15 is 0 Å². The van der Waals surface area contributed by atoms with Crippen molar-refractivity contribution in [2.24, 2.45) is 0 Å². The van der Waals surface area contributed by atoms with E-state index in [1.54, 1.807) is 3.58 Å². The van der Waals surface area contributed by atoms with Gasteiger partial charge < -0.3 is 0 Å². The van der Waals surface area contributed by atoms with E-state index in [4.69, 9.17) is 23.2 Å². The van der Waals surface area contributed by atoms with Crippen molar-refractivity contribution in [3.05, 3.63) is 28.2 Å². The van der Waals surface area contributed by atoms with Crippen LogP contribution in [0, 0.1) is 0 Å². The summed E-state index contributed by atoms with van der Waals surface area (Å²) in [5.41, 5.74) is 0. The van der Waals surface area contributed by atoms with E-state index in [0.717, 1.165) is 10.0 Å². The van der Waals surface area contributed by atoms with Gasteiger partial charge in [-0.05, 0) is 0 Å². The first-order valence-electron chi connectivity index (χ1n) is 8.54. The Kier molecular flexibility index (Phi) is 9.72. The SMILES string of the molecule is CCC[CH2][Sn]([CH2]CCC)([CH2]CCC)[c]1cc(Cl)cc(Cl)c1. The van der Waals surface area contributed by atoms with Crippen LogP contribution in [0.25, 0.3) is 0 Å². The first-order valence-corrected chi connectivity index (χ1v) is 16.8. The molecule has 0 aliphatic heterocycles. The van der Waals surface area contributed by atoms with Crippen LogP contribution in [0.15, 0.2) is 18.2 Å². The Morgan fingerprint density at radius 1 is 0.714 bits per heavy atom. The van der Waals surface area contributed by atoms with Crippen LogP contribution in [-0.4, -0.2) is 18.4 Å². The molecule has 0 N–H and O–H groups in total. The van der Waals surface area contributed by atoms with Crippen molar-refractivity contribution in [3.8, 4) is 0 Å². The molecular formula is C18H30Cl2Sn. The van der Waals surface area contributed by atoms with Crippen molar-refractivity contribution in [2.45, 2.75) is 72.6 Å². The van der Waals surface area contributed by atoms with Crippen molar-refractivity contribution in [3.63, 3.8) is 0 Å². The zero-order valence-electron chi connectivity index (χ0n) is 13.9. The summed E-state index contributed by atoms with van der Waals surface area (Å²) in [6.07, 6.45) is 8.00. The molecule has 0 aliphatic rings. The Bertz CT molecular complexity index is 376. The molecule has 3 heteroatoms. The summed E-state index contributed by atoms with van der Waals surface area (Å²) < 4.78 is 5.95. The van der Waals surface area contributed by atoms with Crippen molar-refractivity contribution in [2.75, 3.05) is 0 Å².